The number of rotatable bonds is 7. The highest BCUT2D eigenvalue weighted by atomic mass is 32.2. The summed E-state index contributed by atoms with van der Waals surface area (Å²) in [6.07, 6.45) is 4.01. The molecular formula is C25H29N3O2S. The number of piperidine rings is 1. The van der Waals surface area contributed by atoms with Crippen LogP contribution in [-0.4, -0.2) is 39.2 Å². The van der Waals surface area contributed by atoms with Crippen molar-refractivity contribution in [3.05, 3.63) is 70.5 Å². The predicted octanol–water partition coefficient (Wildman–Crippen LogP) is 4.38. The highest BCUT2D eigenvalue weighted by Crippen LogP contribution is 2.24. The normalized spacial score (nSPS) is 14.8. The van der Waals surface area contributed by atoms with Crippen LogP contribution in [0.25, 0.3) is 10.9 Å². The third kappa shape index (κ3) is 5.18. The molecule has 0 saturated carbocycles. The summed E-state index contributed by atoms with van der Waals surface area (Å²) in [4.78, 5) is 32.4. The highest BCUT2D eigenvalue weighted by Gasteiger charge is 2.23. The van der Waals surface area contributed by atoms with Crippen LogP contribution in [-0.2, 0) is 17.8 Å². The van der Waals surface area contributed by atoms with Gasteiger partial charge < -0.3 is 4.90 Å². The van der Waals surface area contributed by atoms with E-state index in [4.69, 9.17) is 0 Å². The van der Waals surface area contributed by atoms with Gasteiger partial charge in [-0.05, 0) is 49.3 Å². The van der Waals surface area contributed by atoms with E-state index in [1.807, 2.05) is 42.2 Å². The highest BCUT2D eigenvalue weighted by molar-refractivity contribution is 7.99. The Morgan fingerprint density at radius 2 is 1.77 bits per heavy atom. The second-order valence-corrected chi connectivity index (χ2v) is 9.11. The first-order valence-electron chi connectivity index (χ1n) is 11.1. The standard InChI is InChI=1S/C25H29N3O2S/c1-2-14-28-24(30)21-10-6-7-11-22(21)26-25(28)31-18-23(29)27-15-12-20(13-16-27)17-19-8-4-3-5-9-19/h3-11,20H,2,12-18H2,1H3. The average molecular weight is 436 g/mol. The van der Waals surface area contributed by atoms with E-state index in [0.717, 1.165) is 38.8 Å². The van der Waals surface area contributed by atoms with E-state index in [0.29, 0.717) is 34.3 Å². The van der Waals surface area contributed by atoms with Gasteiger partial charge in [0.1, 0.15) is 0 Å². The number of fused-ring (bicyclic) bond motifs is 1. The Hall–Kier alpha value is -2.60. The summed E-state index contributed by atoms with van der Waals surface area (Å²) >= 11 is 1.38. The Bertz CT molecular complexity index is 1090. The van der Waals surface area contributed by atoms with Gasteiger partial charge in [-0.3, -0.25) is 14.2 Å². The summed E-state index contributed by atoms with van der Waals surface area (Å²) < 4.78 is 1.71. The molecule has 1 aliphatic rings. The smallest absolute Gasteiger partial charge is 0.262 e. The number of carbonyl (C=O) groups excluding carboxylic acids is 1. The van der Waals surface area contributed by atoms with Gasteiger partial charge in [-0.2, -0.15) is 0 Å². The molecule has 2 heterocycles. The molecule has 1 aromatic heterocycles. The number of aromatic nitrogens is 2. The minimum Gasteiger partial charge on any atom is -0.342 e. The summed E-state index contributed by atoms with van der Waals surface area (Å²) in [5.74, 6) is 1.09. The van der Waals surface area contributed by atoms with Crippen LogP contribution in [0.15, 0.2) is 64.5 Å². The Balaban J connectivity index is 1.37. The third-order valence-corrected chi connectivity index (χ3v) is 6.89. The fourth-order valence-electron chi connectivity index (χ4n) is 4.23. The zero-order valence-electron chi connectivity index (χ0n) is 18.0. The van der Waals surface area contributed by atoms with Gasteiger partial charge in [0.15, 0.2) is 5.16 Å². The third-order valence-electron chi connectivity index (χ3n) is 5.93. The first kappa shape index (κ1) is 21.6. The molecule has 162 valence electrons. The summed E-state index contributed by atoms with van der Waals surface area (Å²) in [6, 6.07) is 18.0. The molecule has 0 radical (unpaired) electrons. The number of amides is 1. The monoisotopic (exact) mass is 435 g/mol. The zero-order valence-corrected chi connectivity index (χ0v) is 18.8. The van der Waals surface area contributed by atoms with Crippen molar-refractivity contribution in [1.29, 1.82) is 0 Å². The van der Waals surface area contributed by atoms with Crippen LogP contribution in [0, 0.1) is 5.92 Å². The van der Waals surface area contributed by atoms with Crippen molar-refractivity contribution in [2.75, 3.05) is 18.8 Å². The lowest BCUT2D eigenvalue weighted by Crippen LogP contribution is -2.40. The van der Waals surface area contributed by atoms with Gasteiger partial charge in [0.2, 0.25) is 5.91 Å². The van der Waals surface area contributed by atoms with E-state index >= 15 is 0 Å². The molecule has 2 aromatic carbocycles. The Labute approximate surface area is 187 Å². The van der Waals surface area contributed by atoms with Crippen LogP contribution in [0.2, 0.25) is 0 Å². The van der Waals surface area contributed by atoms with Gasteiger partial charge >= 0.3 is 0 Å². The molecule has 0 N–H and O–H groups in total. The number of nitrogens with zero attached hydrogens (tertiary/aromatic N) is 3. The number of carbonyl (C=O) groups is 1. The van der Waals surface area contributed by atoms with Crippen molar-refractivity contribution in [3.63, 3.8) is 0 Å². The summed E-state index contributed by atoms with van der Waals surface area (Å²) in [6.45, 7) is 4.27. The molecule has 3 aromatic rings. The fourth-order valence-corrected chi connectivity index (χ4v) is 5.16. The number of thioether (sulfide) groups is 1. The summed E-state index contributed by atoms with van der Waals surface area (Å²) in [5, 5.41) is 1.27. The molecule has 0 bridgehead atoms. The van der Waals surface area contributed by atoms with Gasteiger partial charge in [0, 0.05) is 19.6 Å². The lowest BCUT2D eigenvalue weighted by Gasteiger charge is -2.32. The zero-order chi connectivity index (χ0) is 21.6. The fraction of sp³-hybridized carbons (Fsp3) is 0.400. The van der Waals surface area contributed by atoms with E-state index in [1.165, 1.54) is 17.3 Å². The van der Waals surface area contributed by atoms with Crippen molar-refractivity contribution < 1.29 is 4.79 Å². The number of likely N-dealkylation sites (tertiary alicyclic amines) is 1. The Morgan fingerprint density at radius 1 is 1.06 bits per heavy atom. The summed E-state index contributed by atoms with van der Waals surface area (Å²) in [7, 11) is 0. The molecule has 0 spiro atoms. The quantitative estimate of drug-likeness (QED) is 0.408. The van der Waals surface area contributed by atoms with E-state index in [-0.39, 0.29) is 11.5 Å². The second kappa shape index (κ2) is 10.1. The van der Waals surface area contributed by atoms with Crippen LogP contribution in [0.5, 0.6) is 0 Å². The molecule has 5 nitrogen and oxygen atoms in total. The van der Waals surface area contributed by atoms with E-state index in [1.54, 1.807) is 4.57 Å². The average Bonchev–Trinajstić information content (AvgIpc) is 2.81. The number of benzene rings is 2. The molecule has 1 fully saturated rings. The SMILES string of the molecule is CCCn1c(SCC(=O)N2CCC(Cc3ccccc3)CC2)nc2ccccc2c1=O. The maximum atomic E-state index is 12.9. The van der Waals surface area contributed by atoms with Gasteiger partial charge in [-0.25, -0.2) is 4.98 Å². The van der Waals surface area contributed by atoms with E-state index < -0.39 is 0 Å². The van der Waals surface area contributed by atoms with Crippen molar-refractivity contribution >= 4 is 28.6 Å². The first-order chi connectivity index (χ1) is 15.2. The number of para-hydroxylation sites is 1. The number of hydrogen-bond donors (Lipinski definition) is 0. The largest absolute Gasteiger partial charge is 0.342 e. The van der Waals surface area contributed by atoms with E-state index in [2.05, 4.69) is 29.2 Å². The molecule has 0 atom stereocenters. The van der Waals surface area contributed by atoms with Crippen LogP contribution >= 0.6 is 11.8 Å². The lowest BCUT2D eigenvalue weighted by molar-refractivity contribution is -0.129. The van der Waals surface area contributed by atoms with Crippen LogP contribution in [0.4, 0.5) is 0 Å². The Morgan fingerprint density at radius 3 is 2.52 bits per heavy atom. The van der Waals surface area contributed by atoms with Crippen LogP contribution in [0.3, 0.4) is 0 Å². The molecule has 6 heteroatoms. The second-order valence-electron chi connectivity index (χ2n) is 8.17. The Kier molecular flexibility index (Phi) is 7.07. The van der Waals surface area contributed by atoms with Gasteiger partial charge in [0.05, 0.1) is 16.7 Å². The summed E-state index contributed by atoms with van der Waals surface area (Å²) in [5.41, 5.74) is 2.04. The van der Waals surface area contributed by atoms with Crippen LogP contribution in [0.1, 0.15) is 31.7 Å². The number of hydrogen-bond acceptors (Lipinski definition) is 4. The molecule has 1 saturated heterocycles. The minimum atomic E-state index is -0.0240. The molecule has 4 rings (SSSR count). The van der Waals surface area contributed by atoms with Gasteiger partial charge in [-0.1, -0.05) is 61.2 Å². The lowest BCUT2D eigenvalue weighted by atomic mass is 9.90. The molecule has 1 aliphatic heterocycles. The van der Waals surface area contributed by atoms with Crippen molar-refractivity contribution in [3.8, 4) is 0 Å². The molecule has 0 aliphatic carbocycles. The maximum Gasteiger partial charge on any atom is 0.262 e. The topological polar surface area (TPSA) is 55.2 Å². The van der Waals surface area contributed by atoms with E-state index in [9.17, 15) is 9.59 Å². The van der Waals surface area contributed by atoms with Crippen LogP contribution < -0.4 is 5.56 Å². The molecule has 1 amide bonds. The molecule has 31 heavy (non-hydrogen) atoms. The predicted molar refractivity (Wildman–Crippen MR) is 126 cm³/mol. The maximum absolute atomic E-state index is 12.9. The first-order valence-corrected chi connectivity index (χ1v) is 12.1. The van der Waals surface area contributed by atoms with Crippen molar-refractivity contribution in [2.24, 2.45) is 5.92 Å². The van der Waals surface area contributed by atoms with Gasteiger partial charge in [0.25, 0.3) is 5.56 Å². The molecule has 0 unspecified atom stereocenters. The molecular weight excluding hydrogens is 406 g/mol. The van der Waals surface area contributed by atoms with Crippen molar-refractivity contribution in [2.45, 2.75) is 44.3 Å². The van der Waals surface area contributed by atoms with Gasteiger partial charge in [-0.15, -0.1) is 0 Å². The van der Waals surface area contributed by atoms with Crippen molar-refractivity contribution in [1.82, 2.24) is 14.5 Å². The minimum absolute atomic E-state index is 0.0240.